The number of fused-ring (bicyclic) bond motifs is 1. The van der Waals surface area contributed by atoms with Crippen LogP contribution >= 0.6 is 0 Å². The number of hydrogen-bond acceptors (Lipinski definition) is 2. The van der Waals surface area contributed by atoms with E-state index in [0.29, 0.717) is 6.54 Å². The molecule has 2 N–H and O–H groups in total. The molecule has 0 spiro atoms. The molecule has 0 fully saturated rings. The molecule has 18 heavy (non-hydrogen) atoms. The average Bonchev–Trinajstić information content (AvgIpc) is 2.66. The Bertz CT molecular complexity index is 520. The Morgan fingerprint density at radius 1 is 1.39 bits per heavy atom. The second-order valence-electron chi connectivity index (χ2n) is 5.26. The molecular formula is C13H18N4O. The lowest BCUT2D eigenvalue weighted by Gasteiger charge is -2.20. The summed E-state index contributed by atoms with van der Waals surface area (Å²) in [6.45, 7) is 6.25. The van der Waals surface area contributed by atoms with Crippen molar-refractivity contribution in [3.63, 3.8) is 0 Å². The fraction of sp³-hybridized carbons (Fsp3) is 0.385. The van der Waals surface area contributed by atoms with Gasteiger partial charge in [0, 0.05) is 11.7 Å². The standard InChI is InChI=1S/C13H18N4O/c1-13(2,3)15-12(18)14-9-10-8-11-6-4-5-7-17(11)16-10/h4-8H,9H2,1-3H3,(H2,14,15,18). The zero-order valence-corrected chi connectivity index (χ0v) is 10.9. The van der Waals surface area contributed by atoms with E-state index in [0.717, 1.165) is 11.2 Å². The van der Waals surface area contributed by atoms with E-state index in [-0.39, 0.29) is 11.6 Å². The molecule has 0 bridgehead atoms. The van der Waals surface area contributed by atoms with Crippen LogP contribution in [0.2, 0.25) is 0 Å². The largest absolute Gasteiger partial charge is 0.334 e. The smallest absolute Gasteiger partial charge is 0.315 e. The van der Waals surface area contributed by atoms with Crippen molar-refractivity contribution in [3.8, 4) is 0 Å². The number of hydrogen-bond donors (Lipinski definition) is 2. The molecule has 96 valence electrons. The summed E-state index contributed by atoms with van der Waals surface area (Å²) >= 11 is 0. The van der Waals surface area contributed by atoms with E-state index in [1.165, 1.54) is 0 Å². The van der Waals surface area contributed by atoms with E-state index >= 15 is 0 Å². The molecule has 0 saturated heterocycles. The van der Waals surface area contributed by atoms with Crippen molar-refractivity contribution in [2.24, 2.45) is 0 Å². The Hall–Kier alpha value is -2.04. The fourth-order valence-corrected chi connectivity index (χ4v) is 1.63. The maximum absolute atomic E-state index is 11.6. The highest BCUT2D eigenvalue weighted by Gasteiger charge is 2.13. The lowest BCUT2D eigenvalue weighted by Crippen LogP contribution is -2.46. The van der Waals surface area contributed by atoms with Gasteiger partial charge in [0.25, 0.3) is 0 Å². The summed E-state index contributed by atoms with van der Waals surface area (Å²) in [4.78, 5) is 11.6. The summed E-state index contributed by atoms with van der Waals surface area (Å²) < 4.78 is 1.79. The zero-order valence-electron chi connectivity index (χ0n) is 10.9. The third kappa shape index (κ3) is 3.23. The van der Waals surface area contributed by atoms with Crippen molar-refractivity contribution < 1.29 is 4.79 Å². The molecular weight excluding hydrogens is 228 g/mol. The van der Waals surface area contributed by atoms with Crippen LogP contribution in [0.3, 0.4) is 0 Å². The topological polar surface area (TPSA) is 58.4 Å². The van der Waals surface area contributed by atoms with Gasteiger partial charge in [0.2, 0.25) is 0 Å². The molecule has 0 saturated carbocycles. The zero-order chi connectivity index (χ0) is 13.2. The highest BCUT2D eigenvalue weighted by Crippen LogP contribution is 2.05. The molecule has 2 amide bonds. The molecule has 2 aromatic rings. The van der Waals surface area contributed by atoms with Crippen LogP contribution in [0.4, 0.5) is 4.79 Å². The van der Waals surface area contributed by atoms with E-state index in [1.807, 2.05) is 51.2 Å². The highest BCUT2D eigenvalue weighted by molar-refractivity contribution is 5.74. The van der Waals surface area contributed by atoms with Gasteiger partial charge in [-0.1, -0.05) is 6.07 Å². The van der Waals surface area contributed by atoms with Gasteiger partial charge < -0.3 is 10.6 Å². The van der Waals surface area contributed by atoms with Gasteiger partial charge in [0.15, 0.2) is 0 Å². The first-order valence-corrected chi connectivity index (χ1v) is 5.93. The summed E-state index contributed by atoms with van der Waals surface area (Å²) in [5.41, 5.74) is 1.62. The van der Waals surface area contributed by atoms with E-state index in [9.17, 15) is 4.79 Å². The Balaban J connectivity index is 1.96. The SMILES string of the molecule is CC(C)(C)NC(=O)NCc1cc2ccccn2n1. The number of nitrogens with zero attached hydrogens (tertiary/aromatic N) is 2. The Labute approximate surface area is 106 Å². The minimum Gasteiger partial charge on any atom is -0.334 e. The number of aromatic nitrogens is 2. The summed E-state index contributed by atoms with van der Waals surface area (Å²) in [5.74, 6) is 0. The van der Waals surface area contributed by atoms with Crippen molar-refractivity contribution >= 4 is 11.5 Å². The molecule has 0 aliphatic rings. The summed E-state index contributed by atoms with van der Waals surface area (Å²) in [6, 6.07) is 7.63. The molecule has 0 atom stereocenters. The second-order valence-corrected chi connectivity index (χ2v) is 5.26. The molecule has 5 nitrogen and oxygen atoms in total. The Morgan fingerprint density at radius 3 is 2.83 bits per heavy atom. The monoisotopic (exact) mass is 246 g/mol. The molecule has 5 heteroatoms. The molecule has 2 heterocycles. The molecule has 0 aliphatic carbocycles. The minimum atomic E-state index is -0.233. The number of nitrogens with one attached hydrogen (secondary N) is 2. The third-order valence-corrected chi connectivity index (χ3v) is 2.34. The van der Waals surface area contributed by atoms with E-state index in [1.54, 1.807) is 4.52 Å². The minimum absolute atomic E-state index is 0.181. The molecule has 2 aromatic heterocycles. The molecule has 0 aliphatic heterocycles. The van der Waals surface area contributed by atoms with Gasteiger partial charge in [-0.15, -0.1) is 0 Å². The number of carbonyl (C=O) groups is 1. The van der Waals surface area contributed by atoms with Crippen LogP contribution < -0.4 is 10.6 Å². The van der Waals surface area contributed by atoms with E-state index < -0.39 is 0 Å². The number of rotatable bonds is 2. The first kappa shape index (κ1) is 12.4. The predicted molar refractivity (Wildman–Crippen MR) is 70.3 cm³/mol. The van der Waals surface area contributed by atoms with Crippen molar-refractivity contribution in [2.45, 2.75) is 32.9 Å². The number of carbonyl (C=O) groups excluding carboxylic acids is 1. The van der Waals surface area contributed by atoms with Crippen molar-refractivity contribution in [1.29, 1.82) is 0 Å². The van der Waals surface area contributed by atoms with Crippen molar-refractivity contribution in [3.05, 3.63) is 36.2 Å². The van der Waals surface area contributed by atoms with Gasteiger partial charge in [-0.05, 0) is 39.0 Å². The van der Waals surface area contributed by atoms with E-state index in [4.69, 9.17) is 0 Å². The van der Waals surface area contributed by atoms with Gasteiger partial charge in [-0.3, -0.25) is 0 Å². The van der Waals surface area contributed by atoms with Gasteiger partial charge >= 0.3 is 6.03 Å². The first-order chi connectivity index (χ1) is 8.44. The number of pyridine rings is 1. The molecule has 0 radical (unpaired) electrons. The van der Waals surface area contributed by atoms with Gasteiger partial charge in [-0.25, -0.2) is 9.31 Å². The summed E-state index contributed by atoms with van der Waals surface area (Å²) in [6.07, 6.45) is 1.88. The van der Waals surface area contributed by atoms with Crippen LogP contribution in [-0.2, 0) is 6.54 Å². The normalized spacial score (nSPS) is 11.5. The Morgan fingerprint density at radius 2 is 2.17 bits per heavy atom. The molecule has 0 aromatic carbocycles. The van der Waals surface area contributed by atoms with Crippen LogP contribution in [-0.4, -0.2) is 21.2 Å². The van der Waals surface area contributed by atoms with Crippen LogP contribution in [0.25, 0.3) is 5.52 Å². The van der Waals surface area contributed by atoms with Crippen molar-refractivity contribution in [2.75, 3.05) is 0 Å². The average molecular weight is 246 g/mol. The maximum Gasteiger partial charge on any atom is 0.315 e. The van der Waals surface area contributed by atoms with Crippen LogP contribution in [0.5, 0.6) is 0 Å². The van der Waals surface area contributed by atoms with Crippen LogP contribution in [0.1, 0.15) is 26.5 Å². The summed E-state index contributed by atoms with van der Waals surface area (Å²) in [5, 5.41) is 9.98. The van der Waals surface area contributed by atoms with E-state index in [2.05, 4.69) is 15.7 Å². The van der Waals surface area contributed by atoms with Crippen LogP contribution in [0.15, 0.2) is 30.5 Å². The van der Waals surface area contributed by atoms with Crippen molar-refractivity contribution in [1.82, 2.24) is 20.2 Å². The quantitative estimate of drug-likeness (QED) is 0.850. The van der Waals surface area contributed by atoms with Gasteiger partial charge in [0.05, 0.1) is 17.8 Å². The molecule has 2 rings (SSSR count). The lowest BCUT2D eigenvalue weighted by molar-refractivity contribution is 0.231. The second kappa shape index (κ2) is 4.68. The van der Waals surface area contributed by atoms with Gasteiger partial charge in [0.1, 0.15) is 0 Å². The lowest BCUT2D eigenvalue weighted by atomic mass is 10.1. The third-order valence-electron chi connectivity index (χ3n) is 2.34. The summed E-state index contributed by atoms with van der Waals surface area (Å²) in [7, 11) is 0. The van der Waals surface area contributed by atoms with Crippen LogP contribution in [0, 0.1) is 0 Å². The predicted octanol–water partition coefficient (Wildman–Crippen LogP) is 1.93. The molecule has 0 unspecified atom stereocenters. The maximum atomic E-state index is 11.6. The number of amides is 2. The highest BCUT2D eigenvalue weighted by atomic mass is 16.2. The van der Waals surface area contributed by atoms with Gasteiger partial charge in [-0.2, -0.15) is 5.10 Å². The Kier molecular flexibility index (Phi) is 3.23. The number of urea groups is 1. The first-order valence-electron chi connectivity index (χ1n) is 5.93. The fourth-order valence-electron chi connectivity index (χ4n) is 1.63.